The molecule has 0 bridgehead atoms. The first kappa shape index (κ1) is 14.5. The maximum absolute atomic E-state index is 11.3. The summed E-state index contributed by atoms with van der Waals surface area (Å²) >= 11 is 0. The molecule has 0 aliphatic carbocycles. The average Bonchev–Trinajstić information content (AvgIpc) is 2.28. The Morgan fingerprint density at radius 3 is 2.28 bits per heavy atom. The first-order valence-corrected chi connectivity index (χ1v) is 7.58. The van der Waals surface area contributed by atoms with Crippen molar-refractivity contribution in [2.24, 2.45) is 0 Å². The molecule has 0 fully saturated rings. The van der Waals surface area contributed by atoms with E-state index in [9.17, 15) is 13.2 Å². The van der Waals surface area contributed by atoms with Crippen molar-refractivity contribution in [3.63, 3.8) is 0 Å². The van der Waals surface area contributed by atoms with Gasteiger partial charge in [-0.2, -0.15) is 0 Å². The molecule has 0 aromatic heterocycles. The molecule has 0 spiro atoms. The third kappa shape index (κ3) is 4.03. The molecular weight excluding hydrogens is 252 g/mol. The Hall–Kier alpha value is -1.56. The molecule has 0 aliphatic heterocycles. The molecule has 2 N–H and O–H groups in total. The van der Waals surface area contributed by atoms with Crippen molar-refractivity contribution in [3.05, 3.63) is 29.8 Å². The first-order chi connectivity index (χ1) is 8.34. The topological polar surface area (TPSA) is 75.3 Å². The van der Waals surface area contributed by atoms with Crippen LogP contribution in [0.5, 0.6) is 0 Å². The molecule has 18 heavy (non-hydrogen) atoms. The Kier molecular flexibility index (Phi) is 4.72. The molecule has 2 amide bonds. The summed E-state index contributed by atoms with van der Waals surface area (Å²) in [5.41, 5.74) is 0.855. The number of rotatable bonds is 4. The lowest BCUT2D eigenvalue weighted by atomic mass is 10.1. The van der Waals surface area contributed by atoms with Crippen LogP contribution < -0.4 is 10.6 Å². The van der Waals surface area contributed by atoms with Crippen LogP contribution in [0.15, 0.2) is 29.2 Å². The number of hydrogen-bond acceptors (Lipinski definition) is 3. The van der Waals surface area contributed by atoms with E-state index in [0.717, 1.165) is 5.56 Å². The van der Waals surface area contributed by atoms with Gasteiger partial charge in [0.1, 0.15) is 0 Å². The van der Waals surface area contributed by atoms with E-state index in [4.69, 9.17) is 0 Å². The van der Waals surface area contributed by atoms with E-state index < -0.39 is 9.84 Å². The largest absolute Gasteiger partial charge is 0.338 e. The van der Waals surface area contributed by atoms with Crippen molar-refractivity contribution in [1.29, 1.82) is 0 Å². The van der Waals surface area contributed by atoms with Crippen LogP contribution in [0, 0.1) is 0 Å². The SMILES string of the molecule is CCNC(=O)NC(C)c1ccc(S(C)(=O)=O)cc1. The molecule has 0 radical (unpaired) electrons. The van der Waals surface area contributed by atoms with Gasteiger partial charge in [0.2, 0.25) is 0 Å². The molecule has 0 saturated carbocycles. The number of carbonyl (C=O) groups is 1. The molecule has 0 aliphatic rings. The molecule has 100 valence electrons. The summed E-state index contributed by atoms with van der Waals surface area (Å²) in [5.74, 6) is 0. The van der Waals surface area contributed by atoms with Gasteiger partial charge in [0, 0.05) is 12.8 Å². The Morgan fingerprint density at radius 1 is 1.28 bits per heavy atom. The summed E-state index contributed by atoms with van der Waals surface area (Å²) in [6.07, 6.45) is 1.17. The van der Waals surface area contributed by atoms with Crippen molar-refractivity contribution >= 4 is 15.9 Å². The van der Waals surface area contributed by atoms with Crippen LogP contribution in [0.2, 0.25) is 0 Å². The minimum Gasteiger partial charge on any atom is -0.338 e. The van der Waals surface area contributed by atoms with E-state index in [0.29, 0.717) is 6.54 Å². The molecule has 1 aromatic rings. The number of sulfone groups is 1. The quantitative estimate of drug-likeness (QED) is 0.870. The third-order valence-electron chi connectivity index (χ3n) is 2.49. The second-order valence-electron chi connectivity index (χ2n) is 4.07. The van der Waals surface area contributed by atoms with Gasteiger partial charge in [0.25, 0.3) is 0 Å². The second-order valence-corrected chi connectivity index (χ2v) is 6.08. The zero-order chi connectivity index (χ0) is 13.8. The number of benzene rings is 1. The first-order valence-electron chi connectivity index (χ1n) is 5.69. The molecule has 6 heteroatoms. The molecular formula is C12H18N2O3S. The van der Waals surface area contributed by atoms with Gasteiger partial charge in [-0.1, -0.05) is 12.1 Å². The second kappa shape index (κ2) is 5.86. The fourth-order valence-electron chi connectivity index (χ4n) is 1.50. The van der Waals surface area contributed by atoms with Crippen molar-refractivity contribution in [2.75, 3.05) is 12.8 Å². The maximum Gasteiger partial charge on any atom is 0.315 e. The zero-order valence-electron chi connectivity index (χ0n) is 10.7. The summed E-state index contributed by atoms with van der Waals surface area (Å²) in [4.78, 5) is 11.6. The van der Waals surface area contributed by atoms with Crippen molar-refractivity contribution in [2.45, 2.75) is 24.8 Å². The molecule has 5 nitrogen and oxygen atoms in total. The van der Waals surface area contributed by atoms with Crippen LogP contribution in [-0.4, -0.2) is 27.2 Å². The Balaban J connectivity index is 2.76. The van der Waals surface area contributed by atoms with Crippen LogP contribution in [-0.2, 0) is 9.84 Å². The van der Waals surface area contributed by atoms with Crippen LogP contribution in [0.4, 0.5) is 4.79 Å². The molecule has 1 rings (SSSR count). The number of hydrogen-bond donors (Lipinski definition) is 2. The average molecular weight is 270 g/mol. The van der Waals surface area contributed by atoms with Gasteiger partial charge in [0.15, 0.2) is 9.84 Å². The van der Waals surface area contributed by atoms with E-state index in [1.807, 2.05) is 13.8 Å². The van der Waals surface area contributed by atoms with E-state index in [-0.39, 0.29) is 17.0 Å². The molecule has 0 heterocycles. The third-order valence-corrected chi connectivity index (χ3v) is 3.62. The highest BCUT2D eigenvalue weighted by atomic mass is 32.2. The van der Waals surface area contributed by atoms with Crippen LogP contribution in [0.1, 0.15) is 25.5 Å². The highest BCUT2D eigenvalue weighted by Crippen LogP contribution is 2.15. The van der Waals surface area contributed by atoms with E-state index in [2.05, 4.69) is 10.6 Å². The minimum atomic E-state index is -3.18. The monoisotopic (exact) mass is 270 g/mol. The van der Waals surface area contributed by atoms with Gasteiger partial charge in [0.05, 0.1) is 10.9 Å². The fourth-order valence-corrected chi connectivity index (χ4v) is 2.13. The molecule has 1 atom stereocenters. The number of urea groups is 1. The number of nitrogens with one attached hydrogen (secondary N) is 2. The smallest absolute Gasteiger partial charge is 0.315 e. The lowest BCUT2D eigenvalue weighted by molar-refractivity contribution is 0.238. The summed E-state index contributed by atoms with van der Waals surface area (Å²) in [6.45, 7) is 4.24. The Bertz CT molecular complexity index is 509. The van der Waals surface area contributed by atoms with Crippen molar-refractivity contribution in [3.8, 4) is 0 Å². The standard InChI is InChI=1S/C12H18N2O3S/c1-4-13-12(15)14-9(2)10-5-7-11(8-6-10)18(3,16)17/h5-9H,4H2,1-3H3,(H2,13,14,15). The molecule has 1 aromatic carbocycles. The highest BCUT2D eigenvalue weighted by molar-refractivity contribution is 7.90. The molecule has 1 unspecified atom stereocenters. The van der Waals surface area contributed by atoms with Crippen LogP contribution >= 0.6 is 0 Å². The van der Waals surface area contributed by atoms with E-state index in [1.165, 1.54) is 6.26 Å². The van der Waals surface area contributed by atoms with Gasteiger partial charge in [-0.05, 0) is 31.5 Å². The summed E-state index contributed by atoms with van der Waals surface area (Å²) in [5, 5.41) is 5.39. The van der Waals surface area contributed by atoms with Crippen LogP contribution in [0.25, 0.3) is 0 Å². The van der Waals surface area contributed by atoms with Gasteiger partial charge in [-0.3, -0.25) is 0 Å². The highest BCUT2D eigenvalue weighted by Gasteiger charge is 2.11. The van der Waals surface area contributed by atoms with Gasteiger partial charge in [-0.25, -0.2) is 13.2 Å². The Morgan fingerprint density at radius 2 is 1.83 bits per heavy atom. The van der Waals surface area contributed by atoms with Gasteiger partial charge < -0.3 is 10.6 Å². The Labute approximate surface area is 108 Å². The predicted molar refractivity (Wildman–Crippen MR) is 70.2 cm³/mol. The molecule has 0 saturated heterocycles. The lowest BCUT2D eigenvalue weighted by Crippen LogP contribution is -2.36. The number of carbonyl (C=O) groups excluding carboxylic acids is 1. The zero-order valence-corrected chi connectivity index (χ0v) is 11.5. The fraction of sp³-hybridized carbons (Fsp3) is 0.417. The predicted octanol–water partition coefficient (Wildman–Crippen LogP) is 1.47. The summed E-state index contributed by atoms with van der Waals surface area (Å²) < 4.78 is 22.6. The maximum atomic E-state index is 11.3. The van der Waals surface area contributed by atoms with Gasteiger partial charge >= 0.3 is 6.03 Å². The minimum absolute atomic E-state index is 0.176. The number of amides is 2. The van der Waals surface area contributed by atoms with Crippen molar-refractivity contribution in [1.82, 2.24) is 10.6 Å². The lowest BCUT2D eigenvalue weighted by Gasteiger charge is -2.14. The van der Waals surface area contributed by atoms with E-state index >= 15 is 0 Å². The normalized spacial score (nSPS) is 12.8. The van der Waals surface area contributed by atoms with Crippen LogP contribution in [0.3, 0.4) is 0 Å². The summed E-state index contributed by atoms with van der Waals surface area (Å²) in [6, 6.07) is 6.07. The van der Waals surface area contributed by atoms with Crippen molar-refractivity contribution < 1.29 is 13.2 Å². The summed E-state index contributed by atoms with van der Waals surface area (Å²) in [7, 11) is -3.18. The van der Waals surface area contributed by atoms with E-state index in [1.54, 1.807) is 24.3 Å². The van der Waals surface area contributed by atoms with Gasteiger partial charge in [-0.15, -0.1) is 0 Å².